The fraction of sp³-hybridized carbons (Fsp3) is 0.538. The molecule has 25 heavy (non-hydrogen) atoms. The Morgan fingerprint density at radius 3 is 2.92 bits per heavy atom. The molecule has 0 unspecified atom stereocenters. The molecule has 2 aliphatic rings. The molecule has 1 aromatic heterocycles. The number of nitrogens with zero attached hydrogens (tertiary/aromatic N) is 3. The summed E-state index contributed by atoms with van der Waals surface area (Å²) in [7, 11) is -2.55. The summed E-state index contributed by atoms with van der Waals surface area (Å²) in [6, 6.07) is -0.102. The highest BCUT2D eigenvalue weighted by molar-refractivity contribution is 7.94. The van der Waals surface area contributed by atoms with Crippen LogP contribution in [0.1, 0.15) is 19.1 Å². The minimum atomic E-state index is -3.96. The molecule has 3 atom stereocenters. The lowest BCUT2D eigenvalue weighted by molar-refractivity contribution is -0.156. The number of methoxy groups -OCH3 is 1. The van der Waals surface area contributed by atoms with Gasteiger partial charge in [0, 0.05) is 6.07 Å². The first-order valence-corrected chi connectivity index (χ1v) is 8.70. The molecule has 2 fully saturated rings. The van der Waals surface area contributed by atoms with E-state index in [-0.39, 0.29) is 24.7 Å². The summed E-state index contributed by atoms with van der Waals surface area (Å²) in [6.45, 7) is 1.05. The molecule has 0 aromatic carbocycles. The maximum absolute atomic E-state index is 12.6. The van der Waals surface area contributed by atoms with Gasteiger partial charge < -0.3 is 24.1 Å². The Morgan fingerprint density at radius 2 is 2.36 bits per heavy atom. The van der Waals surface area contributed by atoms with E-state index in [0.717, 1.165) is 11.1 Å². The predicted octanol–water partition coefficient (Wildman–Crippen LogP) is -0.616. The van der Waals surface area contributed by atoms with Gasteiger partial charge in [0.1, 0.15) is 10.1 Å². The third-order valence-corrected chi connectivity index (χ3v) is 6.98. The first-order valence-electron chi connectivity index (χ1n) is 7.16. The van der Waals surface area contributed by atoms with E-state index in [1.807, 2.05) is 0 Å². The Labute approximate surface area is 142 Å². The van der Waals surface area contributed by atoms with Gasteiger partial charge in [-0.25, -0.2) is 13.2 Å². The Hall–Kier alpha value is -2.63. The number of aromatic nitrogens is 1. The molecule has 3 rings (SSSR count). The number of carbonyl (C=O) groups is 2. The normalized spacial score (nSPS) is 30.2. The zero-order valence-corrected chi connectivity index (χ0v) is 14.1. The van der Waals surface area contributed by atoms with E-state index >= 15 is 0 Å². The van der Waals surface area contributed by atoms with Crippen LogP contribution in [-0.2, 0) is 30.9 Å². The van der Waals surface area contributed by atoms with Crippen LogP contribution < -0.4 is 4.74 Å². The Balaban J connectivity index is 1.78. The summed E-state index contributed by atoms with van der Waals surface area (Å²) in [6.07, 6.45) is 0.675. The lowest BCUT2D eigenvalue weighted by atomic mass is 9.98. The van der Waals surface area contributed by atoms with Crippen molar-refractivity contribution in [2.45, 2.75) is 36.1 Å². The number of amides is 1. The number of carboxylic acid groups (broad SMARTS) is 1. The van der Waals surface area contributed by atoms with Crippen molar-refractivity contribution in [1.29, 1.82) is 0 Å². The number of ether oxygens (including phenoxy) is 1. The van der Waals surface area contributed by atoms with Gasteiger partial charge in [0.25, 0.3) is 5.88 Å². The standard InChI is InChI=1S/C13H15N3O8S/c1-13(6-14-23-5-7-3-8(22-2)15-24-7)11(12(18)19)16-9(17)4-10(16)25(13,20)21/h3,6,10-11H,4-5H2,1-2H3,(H,18,19)/b14-6+/t10-,11+,13+/m1/s1. The molecule has 2 saturated heterocycles. The van der Waals surface area contributed by atoms with Crippen LogP contribution >= 0.6 is 0 Å². The number of hydrogen-bond acceptors (Lipinski definition) is 9. The van der Waals surface area contributed by atoms with Crippen LogP contribution in [0.25, 0.3) is 0 Å². The third-order valence-electron chi connectivity index (χ3n) is 4.31. The molecule has 3 heterocycles. The van der Waals surface area contributed by atoms with Crippen molar-refractivity contribution < 1.29 is 37.2 Å². The SMILES string of the molecule is COc1cc(CO/N=C/[C@@]2(C)[C@H](C(=O)O)N3C(=O)C[C@H]3S2(=O)=O)on1. The number of β-lactam (4-membered cyclic amide) rings is 1. The van der Waals surface area contributed by atoms with E-state index in [2.05, 4.69) is 10.3 Å². The highest BCUT2D eigenvalue weighted by Crippen LogP contribution is 2.45. The van der Waals surface area contributed by atoms with Crippen molar-refractivity contribution >= 4 is 27.9 Å². The zero-order valence-electron chi connectivity index (χ0n) is 13.3. The van der Waals surface area contributed by atoms with Gasteiger partial charge in [-0.1, -0.05) is 5.16 Å². The van der Waals surface area contributed by atoms with E-state index in [9.17, 15) is 23.1 Å². The first kappa shape index (κ1) is 17.2. The van der Waals surface area contributed by atoms with Crippen molar-refractivity contribution in [2.24, 2.45) is 5.16 Å². The number of aliphatic carboxylic acids is 1. The number of carboxylic acids is 1. The average molecular weight is 373 g/mol. The van der Waals surface area contributed by atoms with E-state index in [4.69, 9.17) is 14.1 Å². The van der Waals surface area contributed by atoms with Crippen LogP contribution in [0.4, 0.5) is 0 Å². The fourth-order valence-corrected chi connectivity index (χ4v) is 5.11. The number of carbonyl (C=O) groups excluding carboxylic acids is 1. The second-order valence-corrected chi connectivity index (χ2v) is 8.29. The lowest BCUT2D eigenvalue weighted by Crippen LogP contribution is -2.57. The lowest BCUT2D eigenvalue weighted by Gasteiger charge is -2.35. The minimum absolute atomic E-state index is 0.160. The second-order valence-electron chi connectivity index (χ2n) is 5.77. The molecule has 136 valence electrons. The molecule has 0 saturated carbocycles. The quantitative estimate of drug-likeness (QED) is 0.391. The molecule has 0 aliphatic carbocycles. The van der Waals surface area contributed by atoms with Crippen molar-refractivity contribution in [2.75, 3.05) is 7.11 Å². The van der Waals surface area contributed by atoms with E-state index in [1.165, 1.54) is 20.1 Å². The van der Waals surface area contributed by atoms with Crippen molar-refractivity contribution in [3.63, 3.8) is 0 Å². The van der Waals surface area contributed by atoms with Gasteiger partial charge in [0.2, 0.25) is 5.91 Å². The number of fused-ring (bicyclic) bond motifs is 1. The summed E-state index contributed by atoms with van der Waals surface area (Å²) in [5, 5.41) is 15.4. The Bertz CT molecular complexity index is 847. The molecule has 11 nitrogen and oxygen atoms in total. The van der Waals surface area contributed by atoms with E-state index in [0.29, 0.717) is 0 Å². The second kappa shape index (κ2) is 5.72. The van der Waals surface area contributed by atoms with E-state index in [1.54, 1.807) is 0 Å². The molecule has 1 N–H and O–H groups in total. The van der Waals surface area contributed by atoms with Gasteiger partial charge in [-0.05, 0) is 12.1 Å². The monoisotopic (exact) mass is 373 g/mol. The van der Waals surface area contributed by atoms with Gasteiger partial charge in [0.05, 0.1) is 19.7 Å². The third kappa shape index (κ3) is 2.44. The van der Waals surface area contributed by atoms with Crippen molar-refractivity contribution in [3.8, 4) is 5.88 Å². The van der Waals surface area contributed by atoms with Gasteiger partial charge in [0.15, 0.2) is 28.2 Å². The predicted molar refractivity (Wildman–Crippen MR) is 80.3 cm³/mol. The minimum Gasteiger partial charge on any atom is -0.480 e. The van der Waals surface area contributed by atoms with Crippen LogP contribution in [0.15, 0.2) is 15.7 Å². The van der Waals surface area contributed by atoms with Gasteiger partial charge in [-0.3, -0.25) is 4.79 Å². The maximum Gasteiger partial charge on any atom is 0.328 e. The van der Waals surface area contributed by atoms with Crippen LogP contribution in [0, 0.1) is 0 Å². The molecule has 1 aromatic rings. The number of rotatable bonds is 6. The molecular formula is C13H15N3O8S. The summed E-state index contributed by atoms with van der Waals surface area (Å²) >= 11 is 0. The first-order chi connectivity index (χ1) is 11.7. The summed E-state index contributed by atoms with van der Waals surface area (Å²) in [5.74, 6) is -1.43. The largest absolute Gasteiger partial charge is 0.480 e. The van der Waals surface area contributed by atoms with Gasteiger partial charge >= 0.3 is 5.97 Å². The van der Waals surface area contributed by atoms with Crippen LogP contribution in [0.5, 0.6) is 5.88 Å². The zero-order chi connectivity index (χ0) is 18.4. The molecule has 0 bridgehead atoms. The highest BCUT2D eigenvalue weighted by Gasteiger charge is 2.69. The van der Waals surface area contributed by atoms with Crippen LogP contribution in [-0.4, -0.2) is 64.9 Å². The molecule has 2 aliphatic heterocycles. The molecule has 12 heteroatoms. The smallest absolute Gasteiger partial charge is 0.328 e. The summed E-state index contributed by atoms with van der Waals surface area (Å²) in [4.78, 5) is 29.0. The van der Waals surface area contributed by atoms with Crippen LogP contribution in [0.2, 0.25) is 0 Å². The highest BCUT2D eigenvalue weighted by atomic mass is 32.2. The molecule has 0 radical (unpaired) electrons. The fourth-order valence-electron chi connectivity index (χ4n) is 2.90. The molecule has 1 amide bonds. The number of oxime groups is 1. The maximum atomic E-state index is 12.6. The molecule has 0 spiro atoms. The Morgan fingerprint density at radius 1 is 1.64 bits per heavy atom. The van der Waals surface area contributed by atoms with E-state index < -0.39 is 37.9 Å². The van der Waals surface area contributed by atoms with Crippen molar-refractivity contribution in [1.82, 2.24) is 10.1 Å². The topological polar surface area (TPSA) is 149 Å². The Kier molecular flexibility index (Phi) is 3.94. The molecular weight excluding hydrogens is 358 g/mol. The van der Waals surface area contributed by atoms with Crippen LogP contribution in [0.3, 0.4) is 0 Å². The van der Waals surface area contributed by atoms with Gasteiger partial charge in [-0.2, -0.15) is 0 Å². The summed E-state index contributed by atoms with van der Waals surface area (Å²) < 4.78 is 33.0. The van der Waals surface area contributed by atoms with Crippen molar-refractivity contribution in [3.05, 3.63) is 11.8 Å². The average Bonchev–Trinajstić information content (AvgIpc) is 3.05. The number of hydrogen-bond donors (Lipinski definition) is 1. The van der Waals surface area contributed by atoms with Gasteiger partial charge in [-0.15, -0.1) is 0 Å². The summed E-state index contributed by atoms with van der Waals surface area (Å²) in [5.41, 5.74) is 0. The number of sulfone groups is 1.